The number of hydrogen-bond donors (Lipinski definition) is 0. The van der Waals surface area contributed by atoms with E-state index in [1.54, 1.807) is 6.07 Å². The lowest BCUT2D eigenvalue weighted by Gasteiger charge is -2.30. The zero-order chi connectivity index (χ0) is 20.0. The molecule has 1 atom stereocenters. The predicted octanol–water partition coefficient (Wildman–Crippen LogP) is 4.34. The molecule has 1 saturated carbocycles. The molecule has 154 valence electrons. The topological polar surface area (TPSA) is 60.0 Å². The summed E-state index contributed by atoms with van der Waals surface area (Å²) in [6.07, 6.45) is 6.12. The zero-order valence-electron chi connectivity index (χ0n) is 17.1. The maximum absolute atomic E-state index is 14.6. The van der Waals surface area contributed by atoms with E-state index in [4.69, 9.17) is 4.52 Å². The Bertz CT molecular complexity index is 1010. The average Bonchev–Trinajstić information content (AvgIpc) is 3.37. The molecule has 5 rings (SSSR count). The number of nitrogens with zero attached hydrogens (tertiary/aromatic N) is 5. The van der Waals surface area contributed by atoms with E-state index < -0.39 is 0 Å². The molecule has 0 spiro atoms. The van der Waals surface area contributed by atoms with Crippen molar-refractivity contribution in [1.82, 2.24) is 24.8 Å². The first-order valence-corrected chi connectivity index (χ1v) is 10.8. The van der Waals surface area contributed by atoms with Gasteiger partial charge in [0.1, 0.15) is 11.3 Å². The number of aromatic nitrogens is 4. The van der Waals surface area contributed by atoms with Gasteiger partial charge in [-0.05, 0) is 54.8 Å². The third-order valence-corrected chi connectivity index (χ3v) is 6.45. The van der Waals surface area contributed by atoms with Gasteiger partial charge in [0, 0.05) is 24.9 Å². The van der Waals surface area contributed by atoms with Gasteiger partial charge in [-0.2, -0.15) is 14.8 Å². The van der Waals surface area contributed by atoms with Crippen molar-refractivity contribution in [2.75, 3.05) is 19.6 Å². The summed E-state index contributed by atoms with van der Waals surface area (Å²) in [5.41, 5.74) is 1.25. The zero-order valence-corrected chi connectivity index (χ0v) is 17.1. The Balaban J connectivity index is 1.34. The summed E-state index contributed by atoms with van der Waals surface area (Å²) < 4.78 is 21.6. The highest BCUT2D eigenvalue weighted by Gasteiger charge is 2.28. The number of benzene rings is 1. The van der Waals surface area contributed by atoms with Crippen molar-refractivity contribution >= 4 is 10.9 Å². The second-order valence-corrected chi connectivity index (χ2v) is 8.99. The quantitative estimate of drug-likeness (QED) is 0.619. The van der Waals surface area contributed by atoms with E-state index in [2.05, 4.69) is 20.1 Å². The minimum atomic E-state index is -0.323. The first-order valence-electron chi connectivity index (χ1n) is 10.8. The molecule has 6 nitrogen and oxygen atoms in total. The van der Waals surface area contributed by atoms with Crippen LogP contribution in [0.2, 0.25) is 0 Å². The van der Waals surface area contributed by atoms with Gasteiger partial charge in [-0.25, -0.2) is 4.39 Å². The van der Waals surface area contributed by atoms with E-state index in [1.165, 1.54) is 43.0 Å². The Kier molecular flexibility index (Phi) is 4.86. The third kappa shape index (κ3) is 3.56. The standard InChI is InChI=1S/C22H28FN5O/c1-14(2)20-17-7-4-8-18(23)21(17)28(25-20)22-24-19(29-26-22)11-16-9-10-27(13-16)12-15-5-3-6-15/h4,7-8,14-16H,3,5-6,9-13H2,1-2H3/t16-/m0/s1. The van der Waals surface area contributed by atoms with Crippen LogP contribution in [0.4, 0.5) is 4.39 Å². The van der Waals surface area contributed by atoms with Crippen molar-refractivity contribution in [3.05, 3.63) is 35.6 Å². The van der Waals surface area contributed by atoms with Crippen molar-refractivity contribution in [3.8, 4) is 5.95 Å². The number of rotatable bonds is 6. The molecule has 7 heteroatoms. The lowest BCUT2D eigenvalue weighted by Crippen LogP contribution is -2.31. The minimum Gasteiger partial charge on any atom is -0.337 e. The van der Waals surface area contributed by atoms with Crippen molar-refractivity contribution in [2.24, 2.45) is 11.8 Å². The van der Waals surface area contributed by atoms with E-state index in [0.29, 0.717) is 23.3 Å². The number of hydrogen-bond acceptors (Lipinski definition) is 5. The lowest BCUT2D eigenvalue weighted by molar-refractivity contribution is 0.199. The smallest absolute Gasteiger partial charge is 0.291 e. The van der Waals surface area contributed by atoms with Gasteiger partial charge in [-0.15, -0.1) is 0 Å². The SMILES string of the molecule is CC(C)c1nn(-c2noc(C[C@@H]3CCN(CC4CCC4)C3)n2)c2c(F)cccc12. The van der Waals surface area contributed by atoms with Crippen LogP contribution in [0, 0.1) is 17.7 Å². The Hall–Kier alpha value is -2.28. The second kappa shape index (κ2) is 7.52. The van der Waals surface area contributed by atoms with Crippen molar-refractivity contribution in [3.63, 3.8) is 0 Å². The molecular formula is C22H28FN5O. The molecule has 1 saturated heterocycles. The number of para-hydroxylation sites is 1. The molecule has 2 fully saturated rings. The molecule has 1 aliphatic carbocycles. The van der Waals surface area contributed by atoms with Crippen LogP contribution in [0.25, 0.3) is 16.9 Å². The van der Waals surface area contributed by atoms with Gasteiger partial charge in [0.2, 0.25) is 5.89 Å². The van der Waals surface area contributed by atoms with Gasteiger partial charge in [0.25, 0.3) is 5.95 Å². The molecule has 0 amide bonds. The van der Waals surface area contributed by atoms with E-state index in [1.807, 2.05) is 19.9 Å². The second-order valence-electron chi connectivity index (χ2n) is 8.99. The fourth-order valence-electron chi connectivity index (χ4n) is 4.67. The highest BCUT2D eigenvalue weighted by molar-refractivity contribution is 5.84. The first kappa shape index (κ1) is 18.7. The van der Waals surface area contributed by atoms with E-state index in [0.717, 1.165) is 36.5 Å². The molecule has 0 N–H and O–H groups in total. The van der Waals surface area contributed by atoms with Crippen molar-refractivity contribution in [1.29, 1.82) is 0 Å². The normalized spacial score (nSPS) is 20.8. The van der Waals surface area contributed by atoms with Crippen LogP contribution in [0.15, 0.2) is 22.7 Å². The fourth-order valence-corrected chi connectivity index (χ4v) is 4.67. The Morgan fingerprint density at radius 1 is 1.21 bits per heavy atom. The summed E-state index contributed by atoms with van der Waals surface area (Å²) >= 11 is 0. The Morgan fingerprint density at radius 3 is 2.83 bits per heavy atom. The molecule has 0 radical (unpaired) electrons. The summed E-state index contributed by atoms with van der Waals surface area (Å²) in [6, 6.07) is 5.06. The van der Waals surface area contributed by atoms with Crippen LogP contribution in [-0.4, -0.2) is 44.5 Å². The van der Waals surface area contributed by atoms with Crippen LogP contribution in [0.3, 0.4) is 0 Å². The van der Waals surface area contributed by atoms with Gasteiger partial charge >= 0.3 is 0 Å². The first-order chi connectivity index (χ1) is 14.1. The van der Waals surface area contributed by atoms with Gasteiger partial charge in [-0.3, -0.25) is 0 Å². The highest BCUT2D eigenvalue weighted by atomic mass is 19.1. The minimum absolute atomic E-state index is 0.173. The maximum Gasteiger partial charge on any atom is 0.291 e. The molecule has 3 heterocycles. The van der Waals surface area contributed by atoms with Gasteiger partial charge < -0.3 is 9.42 Å². The molecule has 0 unspecified atom stereocenters. The molecular weight excluding hydrogens is 369 g/mol. The lowest BCUT2D eigenvalue weighted by atomic mass is 9.85. The fraction of sp³-hybridized carbons (Fsp3) is 0.591. The Morgan fingerprint density at radius 2 is 2.07 bits per heavy atom. The summed E-state index contributed by atoms with van der Waals surface area (Å²) in [7, 11) is 0. The molecule has 1 aromatic carbocycles. The average molecular weight is 397 g/mol. The number of fused-ring (bicyclic) bond motifs is 1. The van der Waals surface area contributed by atoms with E-state index in [-0.39, 0.29) is 11.7 Å². The summed E-state index contributed by atoms with van der Waals surface area (Å²) in [5, 5.41) is 9.53. The van der Waals surface area contributed by atoms with Gasteiger partial charge in [-0.1, -0.05) is 32.4 Å². The monoisotopic (exact) mass is 397 g/mol. The van der Waals surface area contributed by atoms with E-state index >= 15 is 0 Å². The number of likely N-dealkylation sites (tertiary alicyclic amines) is 1. The molecule has 29 heavy (non-hydrogen) atoms. The van der Waals surface area contributed by atoms with Crippen molar-refractivity contribution in [2.45, 2.75) is 51.9 Å². The highest BCUT2D eigenvalue weighted by Crippen LogP contribution is 2.31. The van der Waals surface area contributed by atoms with Crippen LogP contribution in [0.5, 0.6) is 0 Å². The van der Waals surface area contributed by atoms with Gasteiger partial charge in [0.05, 0.1) is 5.69 Å². The van der Waals surface area contributed by atoms with Crippen LogP contribution in [-0.2, 0) is 6.42 Å². The molecule has 2 aromatic heterocycles. The molecule has 0 bridgehead atoms. The Labute approximate surface area is 170 Å². The van der Waals surface area contributed by atoms with Gasteiger partial charge in [0.15, 0.2) is 0 Å². The third-order valence-electron chi connectivity index (χ3n) is 6.45. The summed E-state index contributed by atoms with van der Waals surface area (Å²) in [6.45, 7) is 7.60. The van der Waals surface area contributed by atoms with E-state index in [9.17, 15) is 4.39 Å². The number of halogens is 1. The predicted molar refractivity (Wildman–Crippen MR) is 109 cm³/mol. The maximum atomic E-state index is 14.6. The summed E-state index contributed by atoms with van der Waals surface area (Å²) in [4.78, 5) is 7.14. The molecule has 2 aliphatic rings. The largest absolute Gasteiger partial charge is 0.337 e. The molecule has 3 aromatic rings. The summed E-state index contributed by atoms with van der Waals surface area (Å²) in [5.74, 6) is 2.22. The van der Waals surface area contributed by atoms with Crippen LogP contribution < -0.4 is 0 Å². The van der Waals surface area contributed by atoms with Crippen LogP contribution >= 0.6 is 0 Å². The molecule has 1 aliphatic heterocycles. The van der Waals surface area contributed by atoms with Crippen molar-refractivity contribution < 1.29 is 8.91 Å². The van der Waals surface area contributed by atoms with Crippen LogP contribution in [0.1, 0.15) is 57.0 Å².